The molecule has 0 aliphatic heterocycles. The van der Waals surface area contributed by atoms with Crippen LogP contribution >= 0.6 is 0 Å². The molecule has 5 aromatic carbocycles. The largest absolute Gasteiger partial charge is 0.310 e. The van der Waals surface area contributed by atoms with Crippen LogP contribution in [0.4, 0.5) is 0 Å². The third-order valence-electron chi connectivity index (χ3n) is 10.8. The minimum absolute atomic E-state index is 0.470. The molecule has 7 aromatic rings. The fourth-order valence-corrected chi connectivity index (χ4v) is 8.43. The van der Waals surface area contributed by atoms with E-state index in [0.717, 1.165) is 68.3 Å². The van der Waals surface area contributed by atoms with Crippen LogP contribution in [0.5, 0.6) is 0 Å². The van der Waals surface area contributed by atoms with Crippen molar-refractivity contribution in [2.45, 2.75) is 32.6 Å². The van der Waals surface area contributed by atoms with Gasteiger partial charge in [0, 0.05) is 33.4 Å². The highest BCUT2D eigenvalue weighted by molar-refractivity contribution is 6.10. The highest BCUT2D eigenvalue weighted by Gasteiger charge is 2.29. The van der Waals surface area contributed by atoms with Crippen molar-refractivity contribution in [3.8, 4) is 51.8 Å². The molecular formula is C47H33N5. The van der Waals surface area contributed by atoms with Crippen LogP contribution in [0, 0.1) is 39.9 Å². The Kier molecular flexibility index (Phi) is 7.29. The van der Waals surface area contributed by atoms with Crippen LogP contribution in [0.2, 0.25) is 0 Å². The van der Waals surface area contributed by atoms with E-state index in [1.54, 1.807) is 0 Å². The van der Waals surface area contributed by atoms with Gasteiger partial charge in [-0.15, -0.1) is 0 Å². The molecule has 0 amide bonds. The second-order valence-corrected chi connectivity index (χ2v) is 14.0. The summed E-state index contributed by atoms with van der Waals surface area (Å²) >= 11 is 0. The van der Waals surface area contributed by atoms with Crippen LogP contribution in [-0.2, 0) is 6.42 Å². The molecule has 2 aliphatic carbocycles. The van der Waals surface area contributed by atoms with Crippen molar-refractivity contribution in [2.75, 3.05) is 0 Å². The molecule has 5 nitrogen and oxygen atoms in total. The van der Waals surface area contributed by atoms with Crippen LogP contribution < -0.4 is 0 Å². The lowest BCUT2D eigenvalue weighted by atomic mass is 9.84. The molecule has 9 rings (SSSR count). The molecule has 0 saturated carbocycles. The molecule has 2 aliphatic rings. The summed E-state index contributed by atoms with van der Waals surface area (Å²) in [6.45, 7) is 4.64. The Morgan fingerprint density at radius 1 is 0.615 bits per heavy atom. The fourth-order valence-electron chi connectivity index (χ4n) is 8.43. The van der Waals surface area contributed by atoms with Crippen molar-refractivity contribution in [1.29, 1.82) is 15.8 Å². The Balaban J connectivity index is 1.27. The summed E-state index contributed by atoms with van der Waals surface area (Å²) in [5.41, 5.74) is 15.1. The normalized spacial score (nSPS) is 15.9. The topological polar surface area (TPSA) is 81.2 Å². The summed E-state index contributed by atoms with van der Waals surface area (Å²) in [7, 11) is 0. The van der Waals surface area contributed by atoms with E-state index in [1.807, 2.05) is 60.7 Å². The second-order valence-electron chi connectivity index (χ2n) is 14.0. The Hall–Kier alpha value is -6.87. The predicted octanol–water partition coefficient (Wildman–Crippen LogP) is 11.2. The summed E-state index contributed by atoms with van der Waals surface area (Å²) < 4.78 is 4.64. The van der Waals surface area contributed by atoms with Crippen LogP contribution in [-0.4, -0.2) is 9.13 Å². The number of para-hydroxylation sites is 1. The molecule has 2 aromatic heterocycles. The first-order valence-corrected chi connectivity index (χ1v) is 17.7. The average molecular weight is 668 g/mol. The zero-order chi connectivity index (χ0) is 35.5. The van der Waals surface area contributed by atoms with Crippen molar-refractivity contribution in [3.63, 3.8) is 0 Å². The van der Waals surface area contributed by atoms with Gasteiger partial charge in [0.05, 0.1) is 51.6 Å². The maximum Gasteiger partial charge on any atom is 0.0991 e. The van der Waals surface area contributed by atoms with E-state index in [2.05, 4.69) is 108 Å². The van der Waals surface area contributed by atoms with Gasteiger partial charge in [0.15, 0.2) is 0 Å². The minimum Gasteiger partial charge on any atom is -0.310 e. The molecular weight excluding hydrogens is 635 g/mol. The molecule has 2 heterocycles. The lowest BCUT2D eigenvalue weighted by molar-refractivity contribution is 0.691. The number of allylic oxidation sites excluding steroid dienone is 2. The van der Waals surface area contributed by atoms with Gasteiger partial charge in [0.25, 0.3) is 0 Å². The lowest BCUT2D eigenvalue weighted by Crippen LogP contribution is -2.07. The minimum atomic E-state index is 0.470. The van der Waals surface area contributed by atoms with Gasteiger partial charge in [-0.2, -0.15) is 15.8 Å². The molecule has 0 radical (unpaired) electrons. The molecule has 52 heavy (non-hydrogen) atoms. The summed E-state index contributed by atoms with van der Waals surface area (Å²) in [5, 5.41) is 31.4. The molecule has 0 saturated heterocycles. The average Bonchev–Trinajstić information content (AvgIpc) is 3.69. The molecule has 0 bridgehead atoms. The van der Waals surface area contributed by atoms with Crippen LogP contribution in [0.15, 0.2) is 115 Å². The highest BCUT2D eigenvalue weighted by atomic mass is 15.0. The van der Waals surface area contributed by atoms with Gasteiger partial charge in [-0.1, -0.05) is 62.4 Å². The van der Waals surface area contributed by atoms with Crippen molar-refractivity contribution < 1.29 is 0 Å². The second kappa shape index (κ2) is 12.2. The van der Waals surface area contributed by atoms with Crippen molar-refractivity contribution in [3.05, 3.63) is 154 Å². The summed E-state index contributed by atoms with van der Waals surface area (Å²) in [6, 6.07) is 41.4. The van der Waals surface area contributed by atoms with Gasteiger partial charge < -0.3 is 9.13 Å². The van der Waals surface area contributed by atoms with Crippen LogP contribution in [0.1, 0.15) is 65.4 Å². The predicted molar refractivity (Wildman–Crippen MR) is 209 cm³/mol. The zero-order valence-electron chi connectivity index (χ0n) is 28.9. The highest BCUT2D eigenvalue weighted by Crippen LogP contribution is 2.44. The van der Waals surface area contributed by atoms with E-state index < -0.39 is 0 Å². The Bertz CT molecular complexity index is 2750. The maximum atomic E-state index is 10.1. The summed E-state index contributed by atoms with van der Waals surface area (Å²) in [4.78, 5) is 0. The van der Waals surface area contributed by atoms with Gasteiger partial charge in [-0.05, 0) is 131 Å². The summed E-state index contributed by atoms with van der Waals surface area (Å²) in [5.74, 6) is 0.979. The number of hydrogen-bond donors (Lipinski definition) is 0. The molecule has 2 unspecified atom stereocenters. The van der Waals surface area contributed by atoms with Crippen molar-refractivity contribution >= 4 is 34.0 Å². The first-order valence-electron chi connectivity index (χ1n) is 17.7. The maximum absolute atomic E-state index is 10.1. The lowest BCUT2D eigenvalue weighted by Gasteiger charge is -2.19. The SMILES string of the molecule is CC1C=Cc2c(c3c(n2-c2cccc(-c4ccc(C#N)cc4-c4ccccc4-n4c5ccc(C#N)cc5c5cc(C#N)ccc54)c2)C=CCC3C)C1. The quantitative estimate of drug-likeness (QED) is 0.187. The zero-order valence-corrected chi connectivity index (χ0v) is 28.9. The van der Waals surface area contributed by atoms with Gasteiger partial charge in [-0.3, -0.25) is 0 Å². The number of aromatic nitrogens is 2. The number of rotatable bonds is 4. The van der Waals surface area contributed by atoms with Gasteiger partial charge >= 0.3 is 0 Å². The van der Waals surface area contributed by atoms with Gasteiger partial charge in [0.1, 0.15) is 0 Å². The molecule has 0 fully saturated rings. The van der Waals surface area contributed by atoms with Gasteiger partial charge in [0.2, 0.25) is 0 Å². The molecule has 5 heteroatoms. The van der Waals surface area contributed by atoms with E-state index in [0.29, 0.717) is 28.5 Å². The standard InChI is InChI=1S/C47H33N5/c1-29-13-18-45-41(21-29)47-30(2)7-5-12-46(47)51(45)35-9-6-8-34(25-35)36-17-14-31(26-48)22-38(36)37-10-3-4-11-42(37)52-43-19-15-32(27-49)23-39(43)40-24-33(28-50)16-20-44(40)52/h3-6,8-20,22-25,29-30H,7,21H2,1-2H3. The van der Waals surface area contributed by atoms with Crippen LogP contribution in [0.25, 0.3) is 67.6 Å². The van der Waals surface area contributed by atoms with E-state index in [-0.39, 0.29) is 0 Å². The Morgan fingerprint density at radius 3 is 2.04 bits per heavy atom. The number of benzene rings is 5. The smallest absolute Gasteiger partial charge is 0.0991 e. The van der Waals surface area contributed by atoms with E-state index in [4.69, 9.17) is 0 Å². The van der Waals surface area contributed by atoms with Crippen molar-refractivity contribution in [2.24, 2.45) is 5.92 Å². The first kappa shape index (κ1) is 31.1. The van der Waals surface area contributed by atoms with Crippen molar-refractivity contribution in [1.82, 2.24) is 9.13 Å². The monoisotopic (exact) mass is 667 g/mol. The van der Waals surface area contributed by atoms with E-state index in [9.17, 15) is 15.8 Å². The number of nitriles is 3. The van der Waals surface area contributed by atoms with E-state index >= 15 is 0 Å². The van der Waals surface area contributed by atoms with Gasteiger partial charge in [-0.25, -0.2) is 0 Å². The Morgan fingerprint density at radius 2 is 1.31 bits per heavy atom. The molecule has 0 N–H and O–H groups in total. The number of fused-ring (bicyclic) bond motifs is 6. The van der Waals surface area contributed by atoms with E-state index in [1.165, 1.54) is 22.5 Å². The first-order chi connectivity index (χ1) is 25.5. The third kappa shape index (κ3) is 4.81. The molecule has 2 atom stereocenters. The number of hydrogen-bond acceptors (Lipinski definition) is 3. The number of nitrogens with zero attached hydrogens (tertiary/aromatic N) is 5. The van der Waals surface area contributed by atoms with Crippen LogP contribution in [0.3, 0.4) is 0 Å². The summed E-state index contributed by atoms with van der Waals surface area (Å²) in [6.07, 6.45) is 11.3. The Labute approximate surface area is 302 Å². The molecule has 0 spiro atoms. The third-order valence-corrected chi connectivity index (χ3v) is 10.8. The fraction of sp³-hybridized carbons (Fsp3) is 0.128. The molecule has 246 valence electrons.